The van der Waals surface area contributed by atoms with Crippen LogP contribution in [0.15, 0.2) is 89.7 Å². The molecule has 0 spiro atoms. The monoisotopic (exact) mass is 476 g/mol. The van der Waals surface area contributed by atoms with E-state index in [0.717, 1.165) is 22.3 Å². The summed E-state index contributed by atoms with van der Waals surface area (Å²) in [4.78, 5) is 42.8. The van der Waals surface area contributed by atoms with Crippen molar-refractivity contribution in [1.29, 1.82) is 0 Å². The number of hydrogen-bond acceptors (Lipinski definition) is 3. The van der Waals surface area contributed by atoms with Crippen LogP contribution in [0.1, 0.15) is 58.3 Å². The summed E-state index contributed by atoms with van der Waals surface area (Å²) in [7, 11) is 0. The maximum atomic E-state index is 13.9. The van der Waals surface area contributed by atoms with Crippen molar-refractivity contribution < 1.29 is 9.59 Å². The van der Waals surface area contributed by atoms with Crippen LogP contribution in [0.25, 0.3) is 16.8 Å². The minimum atomic E-state index is -0.463. The van der Waals surface area contributed by atoms with Gasteiger partial charge in [0, 0.05) is 11.6 Å². The molecule has 0 radical (unpaired) electrons. The van der Waals surface area contributed by atoms with Gasteiger partial charge < -0.3 is 0 Å². The van der Waals surface area contributed by atoms with Gasteiger partial charge in [-0.05, 0) is 40.7 Å². The molecular formula is C31H28N2O3. The smallest absolute Gasteiger partial charge is 0.271 e. The van der Waals surface area contributed by atoms with Crippen molar-refractivity contribution in [3.63, 3.8) is 0 Å². The number of carbonyl (C=O) groups is 2. The molecule has 5 nitrogen and oxygen atoms in total. The molecule has 0 unspecified atom stereocenters. The topological polar surface area (TPSA) is 59.4 Å². The summed E-state index contributed by atoms with van der Waals surface area (Å²) in [6.45, 7) is 8.26. The van der Waals surface area contributed by atoms with Crippen LogP contribution in [0.2, 0.25) is 0 Å². The lowest BCUT2D eigenvalue weighted by molar-refractivity contribution is 0.0639. The predicted molar refractivity (Wildman–Crippen MR) is 142 cm³/mol. The van der Waals surface area contributed by atoms with Crippen LogP contribution in [-0.4, -0.2) is 21.3 Å². The van der Waals surface area contributed by atoms with E-state index in [1.807, 2.05) is 85.8 Å². The fraction of sp³-hybridized carbons (Fsp3) is 0.194. The number of benzene rings is 3. The Labute approximate surface area is 210 Å². The summed E-state index contributed by atoms with van der Waals surface area (Å²) in [6, 6.07) is 26.1. The Morgan fingerprint density at radius 1 is 0.722 bits per heavy atom. The first-order chi connectivity index (χ1) is 17.2. The molecule has 2 amide bonds. The molecule has 180 valence electrons. The summed E-state index contributed by atoms with van der Waals surface area (Å²) in [6.07, 6.45) is 0. The van der Waals surface area contributed by atoms with Crippen molar-refractivity contribution >= 4 is 11.8 Å². The van der Waals surface area contributed by atoms with Gasteiger partial charge in [0.2, 0.25) is 0 Å². The van der Waals surface area contributed by atoms with Crippen molar-refractivity contribution in [2.45, 2.75) is 39.7 Å². The van der Waals surface area contributed by atoms with E-state index in [1.165, 1.54) is 15.5 Å². The van der Waals surface area contributed by atoms with Gasteiger partial charge in [0.25, 0.3) is 17.4 Å². The number of fused-ring (bicyclic) bond motifs is 1. The fourth-order valence-electron chi connectivity index (χ4n) is 4.92. The van der Waals surface area contributed by atoms with Gasteiger partial charge in [-0.15, -0.1) is 0 Å². The highest BCUT2D eigenvalue weighted by Crippen LogP contribution is 2.36. The van der Waals surface area contributed by atoms with Crippen molar-refractivity contribution in [2.75, 3.05) is 0 Å². The number of hydrogen-bond donors (Lipinski definition) is 0. The van der Waals surface area contributed by atoms with Crippen LogP contribution < -0.4 is 5.56 Å². The van der Waals surface area contributed by atoms with E-state index in [9.17, 15) is 14.4 Å². The largest absolute Gasteiger partial charge is 0.278 e. The summed E-state index contributed by atoms with van der Waals surface area (Å²) in [5.74, 6) is -0.853. The van der Waals surface area contributed by atoms with Gasteiger partial charge in [-0.25, -0.2) is 0 Å². The zero-order valence-electron chi connectivity index (χ0n) is 20.9. The van der Waals surface area contributed by atoms with E-state index >= 15 is 0 Å². The molecule has 1 aromatic heterocycles. The number of carbonyl (C=O) groups excluding carboxylic acids is 2. The number of aryl methyl sites for hydroxylation is 1. The van der Waals surface area contributed by atoms with Gasteiger partial charge in [-0.1, -0.05) is 93.6 Å². The van der Waals surface area contributed by atoms with Crippen LogP contribution in [0.4, 0.5) is 0 Å². The number of para-hydroxylation sites is 1. The number of amides is 2. The molecule has 0 saturated carbocycles. The van der Waals surface area contributed by atoms with Gasteiger partial charge in [0.1, 0.15) is 5.69 Å². The Hall–Kier alpha value is -4.25. The molecule has 1 aliphatic rings. The first-order valence-electron chi connectivity index (χ1n) is 12.0. The van der Waals surface area contributed by atoms with Crippen molar-refractivity contribution in [1.82, 2.24) is 9.47 Å². The molecule has 1 aliphatic heterocycles. The molecule has 5 heteroatoms. The number of aromatic nitrogens is 1. The summed E-state index contributed by atoms with van der Waals surface area (Å²) in [5.41, 5.74) is 4.33. The van der Waals surface area contributed by atoms with Gasteiger partial charge in [-0.2, -0.15) is 0 Å². The van der Waals surface area contributed by atoms with E-state index in [2.05, 4.69) is 20.8 Å². The first-order valence-corrected chi connectivity index (χ1v) is 12.0. The van der Waals surface area contributed by atoms with Gasteiger partial charge in [0.15, 0.2) is 0 Å². The zero-order chi connectivity index (χ0) is 25.6. The maximum Gasteiger partial charge on any atom is 0.278 e. The highest BCUT2D eigenvalue weighted by molar-refractivity contribution is 6.23. The summed E-state index contributed by atoms with van der Waals surface area (Å²) in [5, 5.41) is 0. The van der Waals surface area contributed by atoms with E-state index in [0.29, 0.717) is 11.3 Å². The Bertz CT molecular complexity index is 1560. The van der Waals surface area contributed by atoms with E-state index in [-0.39, 0.29) is 34.7 Å². The van der Waals surface area contributed by atoms with Gasteiger partial charge >= 0.3 is 0 Å². The average molecular weight is 477 g/mol. The van der Waals surface area contributed by atoms with Crippen LogP contribution in [-0.2, 0) is 12.0 Å². The van der Waals surface area contributed by atoms with E-state index < -0.39 is 5.91 Å². The fourth-order valence-corrected chi connectivity index (χ4v) is 4.92. The highest BCUT2D eigenvalue weighted by Gasteiger charge is 2.41. The Balaban J connectivity index is 1.81. The SMILES string of the molecule is Cc1ccccc1-c1cc(=O)n(-c2ccccc2C(C)(C)C)c2c1C(=O)N(Cc1ccccc1)C2=O. The van der Waals surface area contributed by atoms with E-state index in [4.69, 9.17) is 0 Å². The van der Waals surface area contributed by atoms with Crippen molar-refractivity contribution in [3.05, 3.63) is 123 Å². The van der Waals surface area contributed by atoms with Crippen molar-refractivity contribution in [2.24, 2.45) is 0 Å². The van der Waals surface area contributed by atoms with Crippen LogP contribution in [0, 0.1) is 6.92 Å². The molecule has 2 heterocycles. The second-order valence-corrected chi connectivity index (χ2v) is 10.2. The lowest BCUT2D eigenvalue weighted by atomic mass is 9.85. The zero-order valence-corrected chi connectivity index (χ0v) is 20.9. The molecule has 0 bridgehead atoms. The minimum absolute atomic E-state index is 0.124. The molecule has 5 rings (SSSR count). The molecule has 4 aromatic rings. The maximum absolute atomic E-state index is 13.9. The van der Waals surface area contributed by atoms with Gasteiger partial charge in [0.05, 0.1) is 17.8 Å². The third kappa shape index (κ3) is 3.87. The minimum Gasteiger partial charge on any atom is -0.271 e. The summed E-state index contributed by atoms with van der Waals surface area (Å²) >= 11 is 0. The number of nitrogens with zero attached hydrogens (tertiary/aromatic N) is 2. The van der Waals surface area contributed by atoms with Gasteiger partial charge in [-0.3, -0.25) is 23.9 Å². The second kappa shape index (κ2) is 8.76. The molecule has 0 atom stereocenters. The average Bonchev–Trinajstić information content (AvgIpc) is 3.09. The quantitative estimate of drug-likeness (QED) is 0.344. The molecule has 0 N–H and O–H groups in total. The normalized spacial score (nSPS) is 13.3. The van der Waals surface area contributed by atoms with Crippen molar-refractivity contribution in [3.8, 4) is 16.8 Å². The molecule has 0 aliphatic carbocycles. The van der Waals surface area contributed by atoms with E-state index in [1.54, 1.807) is 0 Å². The lowest BCUT2D eigenvalue weighted by Gasteiger charge is -2.24. The molecule has 0 saturated heterocycles. The summed E-state index contributed by atoms with van der Waals surface area (Å²) < 4.78 is 1.43. The second-order valence-electron chi connectivity index (χ2n) is 10.2. The molecule has 0 fully saturated rings. The standard InChI is InChI=1S/C31H28N2O3/c1-20-12-8-9-15-22(20)23-18-26(34)33(25-17-11-10-16-24(25)31(2,3)4)28-27(23)29(35)32(30(28)36)19-21-13-6-5-7-14-21/h5-18H,19H2,1-4H3. The number of imide groups is 1. The molecule has 3 aromatic carbocycles. The highest BCUT2D eigenvalue weighted by atomic mass is 16.2. The molecular weight excluding hydrogens is 448 g/mol. The third-order valence-corrected chi connectivity index (χ3v) is 6.70. The third-order valence-electron chi connectivity index (χ3n) is 6.70. The number of pyridine rings is 1. The van der Waals surface area contributed by atoms with Crippen LogP contribution >= 0.6 is 0 Å². The van der Waals surface area contributed by atoms with Crippen LogP contribution in [0.5, 0.6) is 0 Å². The first kappa shape index (κ1) is 23.5. The predicted octanol–water partition coefficient (Wildman–Crippen LogP) is 5.91. The Kier molecular flexibility index (Phi) is 5.71. The molecule has 36 heavy (non-hydrogen) atoms. The van der Waals surface area contributed by atoms with Crippen LogP contribution in [0.3, 0.4) is 0 Å². The Morgan fingerprint density at radius 2 is 1.36 bits per heavy atom. The lowest BCUT2D eigenvalue weighted by Crippen LogP contribution is -2.31. The number of rotatable bonds is 4. The Morgan fingerprint density at radius 3 is 2.06 bits per heavy atom.